The quantitative estimate of drug-likeness (QED) is 0.712. The van der Waals surface area contributed by atoms with Crippen LogP contribution in [0.4, 0.5) is 10.1 Å². The van der Waals surface area contributed by atoms with Crippen LogP contribution in [0.1, 0.15) is 25.3 Å². The molecule has 1 heterocycles. The zero-order valence-electron chi connectivity index (χ0n) is 9.81. The van der Waals surface area contributed by atoms with Crippen LogP contribution in [0, 0.1) is 23.1 Å². The predicted molar refractivity (Wildman–Crippen MR) is 62.0 cm³/mol. The minimum Gasteiger partial charge on any atom is -0.274 e. The normalized spacial score (nSPS) is 16.8. The number of benzene rings is 1. The number of rotatable bonds is 1. The molecular formula is C13H11FN2O2. The van der Waals surface area contributed by atoms with Gasteiger partial charge in [0.1, 0.15) is 11.9 Å². The molecule has 0 unspecified atom stereocenters. The second kappa shape index (κ2) is 4.57. The van der Waals surface area contributed by atoms with E-state index >= 15 is 0 Å². The van der Waals surface area contributed by atoms with E-state index in [0.29, 0.717) is 0 Å². The lowest BCUT2D eigenvalue weighted by Gasteiger charge is -2.28. The predicted octanol–water partition coefficient (Wildman–Crippen LogP) is 1.99. The molecule has 0 N–H and O–H groups in total. The number of halogens is 1. The van der Waals surface area contributed by atoms with E-state index < -0.39 is 5.82 Å². The highest BCUT2D eigenvalue weighted by atomic mass is 19.1. The number of anilines is 1. The lowest BCUT2D eigenvalue weighted by Crippen LogP contribution is -2.42. The molecule has 1 fully saturated rings. The van der Waals surface area contributed by atoms with Gasteiger partial charge >= 0.3 is 0 Å². The summed E-state index contributed by atoms with van der Waals surface area (Å²) in [7, 11) is 0. The fourth-order valence-corrected chi connectivity index (χ4v) is 2.02. The number of piperidine rings is 1. The van der Waals surface area contributed by atoms with Crippen molar-refractivity contribution in [2.24, 2.45) is 5.92 Å². The van der Waals surface area contributed by atoms with Crippen molar-refractivity contribution >= 4 is 17.5 Å². The number of hydrogen-bond acceptors (Lipinski definition) is 3. The van der Waals surface area contributed by atoms with Gasteiger partial charge in [-0.25, -0.2) is 4.39 Å². The van der Waals surface area contributed by atoms with Crippen LogP contribution in [-0.4, -0.2) is 11.8 Å². The summed E-state index contributed by atoms with van der Waals surface area (Å²) in [5.74, 6) is -1.26. The maximum Gasteiger partial charge on any atom is 0.234 e. The largest absolute Gasteiger partial charge is 0.274 e. The number of amides is 2. The fourth-order valence-electron chi connectivity index (χ4n) is 2.02. The van der Waals surface area contributed by atoms with Gasteiger partial charge in [0.15, 0.2) is 0 Å². The van der Waals surface area contributed by atoms with Crippen molar-refractivity contribution in [3.05, 3.63) is 29.6 Å². The number of carbonyl (C=O) groups excluding carboxylic acids is 2. The smallest absolute Gasteiger partial charge is 0.234 e. The van der Waals surface area contributed by atoms with E-state index in [1.165, 1.54) is 12.1 Å². The summed E-state index contributed by atoms with van der Waals surface area (Å²) in [5, 5.41) is 8.74. The molecular weight excluding hydrogens is 235 g/mol. The van der Waals surface area contributed by atoms with Crippen LogP contribution < -0.4 is 4.90 Å². The molecule has 2 rings (SSSR count). The molecule has 0 spiro atoms. The Morgan fingerprint density at radius 3 is 2.50 bits per heavy atom. The summed E-state index contributed by atoms with van der Waals surface area (Å²) in [6, 6.07) is 5.34. The molecule has 92 valence electrons. The van der Waals surface area contributed by atoms with Crippen LogP contribution in [-0.2, 0) is 9.59 Å². The second-order valence-corrected chi connectivity index (χ2v) is 4.41. The highest BCUT2D eigenvalue weighted by molar-refractivity contribution is 6.16. The van der Waals surface area contributed by atoms with Crippen LogP contribution in [0.15, 0.2) is 18.2 Å². The third-order valence-corrected chi connectivity index (χ3v) is 2.87. The van der Waals surface area contributed by atoms with Crippen molar-refractivity contribution in [3.63, 3.8) is 0 Å². The Bertz CT molecular complexity index is 545. The van der Waals surface area contributed by atoms with Crippen LogP contribution >= 0.6 is 0 Å². The lowest BCUT2D eigenvalue weighted by atomic mass is 9.97. The molecule has 0 aliphatic carbocycles. The van der Waals surface area contributed by atoms with Crippen molar-refractivity contribution in [2.45, 2.75) is 19.8 Å². The van der Waals surface area contributed by atoms with E-state index in [9.17, 15) is 14.0 Å². The fraction of sp³-hybridized carbons (Fsp3) is 0.308. The van der Waals surface area contributed by atoms with E-state index in [4.69, 9.17) is 5.26 Å². The van der Waals surface area contributed by atoms with E-state index in [1.54, 1.807) is 6.07 Å². The Balaban J connectivity index is 2.40. The second-order valence-electron chi connectivity index (χ2n) is 4.41. The molecule has 0 aromatic heterocycles. The molecule has 2 amide bonds. The maximum absolute atomic E-state index is 13.2. The van der Waals surface area contributed by atoms with Crippen molar-refractivity contribution in [2.75, 3.05) is 4.90 Å². The molecule has 1 aromatic carbocycles. The van der Waals surface area contributed by atoms with E-state index in [-0.39, 0.29) is 41.8 Å². The Labute approximate surface area is 104 Å². The highest BCUT2D eigenvalue weighted by Crippen LogP contribution is 2.26. The molecule has 0 radical (unpaired) electrons. The summed E-state index contributed by atoms with van der Waals surface area (Å²) < 4.78 is 13.2. The molecule has 18 heavy (non-hydrogen) atoms. The zero-order chi connectivity index (χ0) is 13.3. The molecule has 5 heteroatoms. The Morgan fingerprint density at radius 1 is 1.33 bits per heavy atom. The first-order chi connectivity index (χ1) is 8.52. The van der Waals surface area contributed by atoms with E-state index in [2.05, 4.69) is 0 Å². The maximum atomic E-state index is 13.2. The van der Waals surface area contributed by atoms with Gasteiger partial charge in [-0.05, 0) is 24.1 Å². The Hall–Kier alpha value is -2.22. The SMILES string of the molecule is CC1CC(=O)N(c2ccc(F)c(C#N)c2)C(=O)C1. The van der Waals surface area contributed by atoms with Gasteiger partial charge in [0.2, 0.25) is 11.8 Å². The van der Waals surface area contributed by atoms with Gasteiger partial charge in [0, 0.05) is 12.8 Å². The van der Waals surface area contributed by atoms with Gasteiger partial charge < -0.3 is 0 Å². The van der Waals surface area contributed by atoms with Crippen LogP contribution in [0.5, 0.6) is 0 Å². The first-order valence-electron chi connectivity index (χ1n) is 5.58. The molecule has 1 aromatic rings. The molecule has 0 saturated carbocycles. The first-order valence-corrected chi connectivity index (χ1v) is 5.58. The minimum absolute atomic E-state index is 0.0251. The highest BCUT2D eigenvalue weighted by Gasteiger charge is 2.31. The summed E-state index contributed by atoms with van der Waals surface area (Å²) >= 11 is 0. The van der Waals surface area contributed by atoms with Crippen LogP contribution in [0.2, 0.25) is 0 Å². The molecule has 1 saturated heterocycles. The number of nitrogens with zero attached hydrogens (tertiary/aromatic N) is 2. The van der Waals surface area contributed by atoms with Gasteiger partial charge in [-0.15, -0.1) is 0 Å². The van der Waals surface area contributed by atoms with Gasteiger partial charge in [0.05, 0.1) is 11.3 Å². The monoisotopic (exact) mass is 246 g/mol. The van der Waals surface area contributed by atoms with E-state index in [0.717, 1.165) is 11.0 Å². The standard InChI is InChI=1S/C13H11FN2O2/c1-8-4-12(17)16(13(18)5-8)10-2-3-11(14)9(6-10)7-15/h2-3,6,8H,4-5H2,1H3. The average molecular weight is 246 g/mol. The topological polar surface area (TPSA) is 61.2 Å². The van der Waals surface area contributed by atoms with Gasteiger partial charge in [0.25, 0.3) is 0 Å². The zero-order valence-corrected chi connectivity index (χ0v) is 9.81. The Morgan fingerprint density at radius 2 is 1.94 bits per heavy atom. The van der Waals surface area contributed by atoms with E-state index in [1.807, 2.05) is 6.92 Å². The molecule has 0 bridgehead atoms. The van der Waals surface area contributed by atoms with Gasteiger partial charge in [-0.1, -0.05) is 6.92 Å². The lowest BCUT2D eigenvalue weighted by molar-refractivity contribution is -0.130. The van der Waals surface area contributed by atoms with Gasteiger partial charge in [-0.3, -0.25) is 14.5 Å². The van der Waals surface area contributed by atoms with Crippen LogP contribution in [0.25, 0.3) is 0 Å². The minimum atomic E-state index is -0.661. The van der Waals surface area contributed by atoms with Gasteiger partial charge in [-0.2, -0.15) is 5.26 Å². The summed E-state index contributed by atoms with van der Waals surface area (Å²) in [6.45, 7) is 1.83. The summed E-state index contributed by atoms with van der Waals surface area (Å²) in [5.41, 5.74) is 0.0848. The average Bonchev–Trinajstić information content (AvgIpc) is 2.30. The molecule has 4 nitrogen and oxygen atoms in total. The molecule has 1 aliphatic heterocycles. The third-order valence-electron chi connectivity index (χ3n) is 2.87. The number of imide groups is 1. The van der Waals surface area contributed by atoms with Crippen LogP contribution in [0.3, 0.4) is 0 Å². The summed E-state index contributed by atoms with van der Waals surface area (Å²) in [6.07, 6.45) is 0.565. The van der Waals surface area contributed by atoms with Crippen molar-refractivity contribution in [1.29, 1.82) is 5.26 Å². The summed E-state index contributed by atoms with van der Waals surface area (Å²) in [4.78, 5) is 24.7. The first kappa shape index (κ1) is 12.2. The number of carbonyl (C=O) groups is 2. The Kier molecular flexibility index (Phi) is 3.11. The van der Waals surface area contributed by atoms with Crippen molar-refractivity contribution in [3.8, 4) is 6.07 Å². The number of hydrogen-bond donors (Lipinski definition) is 0. The van der Waals surface area contributed by atoms with Crippen molar-refractivity contribution in [1.82, 2.24) is 0 Å². The molecule has 1 aliphatic rings. The number of nitriles is 1. The third kappa shape index (κ3) is 2.09. The van der Waals surface area contributed by atoms with Crippen molar-refractivity contribution < 1.29 is 14.0 Å². The molecule has 0 atom stereocenters.